The Labute approximate surface area is 365 Å². The van der Waals surface area contributed by atoms with Crippen molar-refractivity contribution in [2.24, 2.45) is 9.98 Å². The lowest BCUT2D eigenvalue weighted by molar-refractivity contribution is -0.145. The van der Waals surface area contributed by atoms with E-state index in [1.165, 1.54) is 7.11 Å². The molecule has 0 radical (unpaired) electrons. The summed E-state index contributed by atoms with van der Waals surface area (Å²) >= 11 is 3.44. The van der Waals surface area contributed by atoms with E-state index in [0.717, 1.165) is 66.5 Å². The van der Waals surface area contributed by atoms with Crippen LogP contribution in [0.5, 0.6) is 0 Å². The second-order valence-electron chi connectivity index (χ2n) is 14.4. The Kier molecular flexibility index (Phi) is 13.6. The maximum absolute atomic E-state index is 12.1. The third kappa shape index (κ3) is 10.3. The Balaban J connectivity index is 0.926. The molecule has 61 heavy (non-hydrogen) atoms. The molecule has 2 aliphatic rings. The van der Waals surface area contributed by atoms with Crippen molar-refractivity contribution in [1.82, 2.24) is 0 Å². The van der Waals surface area contributed by atoms with E-state index in [0.29, 0.717) is 32.3 Å². The summed E-state index contributed by atoms with van der Waals surface area (Å²) in [6.07, 6.45) is 1.92. The van der Waals surface area contributed by atoms with Gasteiger partial charge in [-0.3, -0.25) is 19.6 Å². The highest BCUT2D eigenvalue weighted by Crippen LogP contribution is 2.44. The van der Waals surface area contributed by atoms with Crippen LogP contribution in [0, 0.1) is 0 Å². The monoisotopic (exact) mass is 846 g/mol. The molecule has 2 unspecified atom stereocenters. The van der Waals surface area contributed by atoms with Crippen molar-refractivity contribution in [1.29, 1.82) is 0 Å². The number of carbonyl (C=O) groups is 2. The van der Waals surface area contributed by atoms with Crippen LogP contribution in [-0.4, -0.2) is 60.2 Å². The molecule has 9 nitrogen and oxygen atoms in total. The Morgan fingerprint density at radius 3 is 1.26 bits per heavy atom. The van der Waals surface area contributed by atoms with Crippen LogP contribution in [-0.2, 0) is 36.6 Å². The molecule has 11 heteroatoms. The van der Waals surface area contributed by atoms with Crippen molar-refractivity contribution >= 4 is 79.7 Å². The Morgan fingerprint density at radius 2 is 0.869 bits per heavy atom. The molecule has 0 aromatic heterocycles. The predicted octanol–water partition coefficient (Wildman–Crippen LogP) is 11.2. The number of rotatable bonds is 17. The standard InChI is InChI=1S/C50H46N4O5S2/c1-57-33-34-59-46(56)32-18-36-15-25-42(26-16-36)54(40-11-7-4-8-12-40)44-29-21-38(22-30-44)48-52-50-49(61-48)51-47(60-50)37-19-27-43(28-20-37)53(39-9-5-3-6-10-39)41-23-13-35(14-24-41)17-31-45(55)58-2/h3-16,19-30,49-50H,17-18,31-34H2,1-2H3. The Hall–Kier alpha value is -6.14. The van der Waals surface area contributed by atoms with Gasteiger partial charge in [-0.1, -0.05) is 108 Å². The summed E-state index contributed by atoms with van der Waals surface area (Å²) in [5.41, 5.74) is 10.5. The second kappa shape index (κ2) is 19.9. The molecule has 2 aliphatic heterocycles. The summed E-state index contributed by atoms with van der Waals surface area (Å²) in [6, 6.07) is 54.5. The lowest BCUT2D eigenvalue weighted by Crippen LogP contribution is -2.11. The Bertz CT molecular complexity index is 2460. The molecule has 0 bridgehead atoms. The first-order valence-electron chi connectivity index (χ1n) is 20.2. The molecule has 0 saturated carbocycles. The number of methoxy groups -OCH3 is 2. The topological polar surface area (TPSA) is 93.0 Å². The van der Waals surface area contributed by atoms with Crippen LogP contribution >= 0.6 is 23.5 Å². The molecule has 0 aliphatic carbocycles. The average molecular weight is 847 g/mol. The minimum absolute atomic E-state index is 0.0133. The summed E-state index contributed by atoms with van der Waals surface area (Å²) in [6.45, 7) is 0.667. The minimum atomic E-state index is -0.223. The van der Waals surface area contributed by atoms with E-state index in [-0.39, 0.29) is 29.3 Å². The Morgan fingerprint density at radius 1 is 0.492 bits per heavy atom. The highest BCUT2D eigenvalue weighted by atomic mass is 32.2. The highest BCUT2D eigenvalue weighted by Gasteiger charge is 2.37. The van der Waals surface area contributed by atoms with Gasteiger partial charge < -0.3 is 24.0 Å². The lowest BCUT2D eigenvalue weighted by Gasteiger charge is -2.26. The molecule has 8 rings (SSSR count). The van der Waals surface area contributed by atoms with Gasteiger partial charge in [0, 0.05) is 65.2 Å². The van der Waals surface area contributed by atoms with E-state index in [4.69, 9.17) is 24.2 Å². The zero-order valence-corrected chi connectivity index (χ0v) is 35.7. The van der Waals surface area contributed by atoms with E-state index < -0.39 is 0 Å². The molecule has 6 aromatic carbocycles. The van der Waals surface area contributed by atoms with Crippen molar-refractivity contribution in [3.8, 4) is 0 Å². The van der Waals surface area contributed by atoms with E-state index in [1.54, 1.807) is 30.6 Å². The first-order valence-corrected chi connectivity index (χ1v) is 22.0. The summed E-state index contributed by atoms with van der Waals surface area (Å²) in [7, 11) is 3.01. The smallest absolute Gasteiger partial charge is 0.306 e. The fraction of sp³-hybridized carbons (Fsp3) is 0.200. The first kappa shape index (κ1) is 41.6. The van der Waals surface area contributed by atoms with E-state index >= 15 is 0 Å². The summed E-state index contributed by atoms with van der Waals surface area (Å²) in [5, 5.41) is 2.03. The number of hydrogen-bond donors (Lipinski definition) is 0. The minimum Gasteiger partial charge on any atom is -0.469 e. The molecule has 6 aromatic rings. The number of anilines is 6. The highest BCUT2D eigenvalue weighted by molar-refractivity contribution is 8.20. The molecule has 2 atom stereocenters. The number of nitrogens with zero attached hydrogens (tertiary/aromatic N) is 4. The number of thioether (sulfide) groups is 2. The molecular weight excluding hydrogens is 801 g/mol. The fourth-order valence-electron chi connectivity index (χ4n) is 7.19. The van der Waals surface area contributed by atoms with E-state index in [2.05, 4.69) is 131 Å². The van der Waals surface area contributed by atoms with Gasteiger partial charge in [0.05, 0.1) is 13.7 Å². The van der Waals surface area contributed by atoms with Gasteiger partial charge in [-0.2, -0.15) is 0 Å². The van der Waals surface area contributed by atoms with Crippen molar-refractivity contribution in [3.63, 3.8) is 0 Å². The maximum atomic E-state index is 12.1. The second-order valence-corrected chi connectivity index (χ2v) is 16.7. The largest absolute Gasteiger partial charge is 0.469 e. The van der Waals surface area contributed by atoms with Crippen molar-refractivity contribution in [2.45, 2.75) is 36.4 Å². The van der Waals surface area contributed by atoms with Crippen LogP contribution in [0.3, 0.4) is 0 Å². The van der Waals surface area contributed by atoms with Crippen molar-refractivity contribution in [2.75, 3.05) is 37.2 Å². The van der Waals surface area contributed by atoms with Crippen LogP contribution in [0.4, 0.5) is 34.1 Å². The molecule has 0 spiro atoms. The number of carbonyl (C=O) groups excluding carboxylic acids is 2. The predicted molar refractivity (Wildman–Crippen MR) is 250 cm³/mol. The summed E-state index contributed by atoms with van der Waals surface area (Å²) < 4.78 is 15.0. The molecule has 0 fully saturated rings. The number of benzene rings is 6. The molecule has 0 amide bonds. The number of ether oxygens (including phenoxy) is 3. The summed E-state index contributed by atoms with van der Waals surface area (Å²) in [5.74, 6) is -0.431. The molecule has 308 valence electrons. The number of hydrogen-bond acceptors (Lipinski definition) is 11. The summed E-state index contributed by atoms with van der Waals surface area (Å²) in [4.78, 5) is 38.6. The normalized spacial score (nSPS) is 15.4. The number of para-hydroxylation sites is 2. The number of fused-ring (bicyclic) bond motifs is 1. The molecule has 0 N–H and O–H groups in total. The molecule has 2 heterocycles. The number of esters is 2. The zero-order valence-electron chi connectivity index (χ0n) is 34.1. The van der Waals surface area contributed by atoms with Gasteiger partial charge in [-0.05, 0) is 96.8 Å². The van der Waals surface area contributed by atoms with Gasteiger partial charge in [0.2, 0.25) is 0 Å². The van der Waals surface area contributed by atoms with Gasteiger partial charge in [0.1, 0.15) is 27.4 Å². The fourth-order valence-corrected chi connectivity index (χ4v) is 9.67. The van der Waals surface area contributed by atoms with Gasteiger partial charge in [-0.15, -0.1) is 0 Å². The van der Waals surface area contributed by atoms with Crippen molar-refractivity contribution < 1.29 is 23.8 Å². The third-order valence-electron chi connectivity index (χ3n) is 10.4. The SMILES string of the molecule is COCCOC(=O)CCc1ccc(N(c2ccccc2)c2ccc(C3=NC4SC(c5ccc(N(c6ccccc6)c6ccc(CCC(=O)OC)cc6)cc5)=NC4S3)cc2)cc1. The van der Waals surface area contributed by atoms with Crippen LogP contribution in [0.15, 0.2) is 168 Å². The van der Waals surface area contributed by atoms with Gasteiger partial charge in [-0.25, -0.2) is 0 Å². The number of aryl methyl sites for hydroxylation is 2. The van der Waals surface area contributed by atoms with Crippen LogP contribution in [0.2, 0.25) is 0 Å². The van der Waals surface area contributed by atoms with Crippen LogP contribution < -0.4 is 9.80 Å². The zero-order chi connectivity index (χ0) is 42.0. The number of aliphatic imine (C=N–C) groups is 2. The lowest BCUT2D eigenvalue weighted by atomic mass is 10.1. The molecule has 0 saturated heterocycles. The quantitative estimate of drug-likeness (QED) is 0.0657. The van der Waals surface area contributed by atoms with E-state index in [1.807, 2.05) is 36.4 Å². The van der Waals surface area contributed by atoms with Crippen molar-refractivity contribution in [3.05, 3.63) is 180 Å². The maximum Gasteiger partial charge on any atom is 0.306 e. The first-order chi connectivity index (χ1) is 29.9. The van der Waals surface area contributed by atoms with Gasteiger partial charge in [0.15, 0.2) is 0 Å². The third-order valence-corrected chi connectivity index (χ3v) is 12.9. The molecular formula is C50H46N4O5S2. The van der Waals surface area contributed by atoms with Crippen LogP contribution in [0.25, 0.3) is 0 Å². The van der Waals surface area contributed by atoms with Crippen LogP contribution in [0.1, 0.15) is 35.1 Å². The average Bonchev–Trinajstić information content (AvgIpc) is 3.90. The van der Waals surface area contributed by atoms with Gasteiger partial charge >= 0.3 is 11.9 Å². The van der Waals surface area contributed by atoms with Gasteiger partial charge in [0.25, 0.3) is 0 Å². The van der Waals surface area contributed by atoms with E-state index in [9.17, 15) is 9.59 Å².